The van der Waals surface area contributed by atoms with Crippen LogP contribution in [0.1, 0.15) is 5.01 Å². The molecule has 106 valence electrons. The summed E-state index contributed by atoms with van der Waals surface area (Å²) >= 11 is 7.49. The van der Waals surface area contributed by atoms with Crippen molar-refractivity contribution in [2.45, 2.75) is 6.54 Å². The van der Waals surface area contributed by atoms with Crippen LogP contribution in [0.3, 0.4) is 0 Å². The molecular weight excluding hydrogens is 304 g/mol. The molecule has 0 aliphatic rings. The van der Waals surface area contributed by atoms with Crippen molar-refractivity contribution >= 4 is 28.6 Å². The van der Waals surface area contributed by atoms with E-state index < -0.39 is 0 Å². The van der Waals surface area contributed by atoms with Crippen LogP contribution in [-0.2, 0) is 6.54 Å². The van der Waals surface area contributed by atoms with Gasteiger partial charge in [0, 0.05) is 16.6 Å². The molecule has 0 aliphatic heterocycles. The molecule has 3 rings (SSSR count). The molecule has 3 aromatic rings. The molecule has 0 atom stereocenters. The number of thiazole rings is 1. The van der Waals surface area contributed by atoms with Crippen LogP contribution in [0.25, 0.3) is 11.3 Å². The van der Waals surface area contributed by atoms with Gasteiger partial charge in [0.15, 0.2) is 0 Å². The van der Waals surface area contributed by atoms with Gasteiger partial charge < -0.3 is 10.4 Å². The van der Waals surface area contributed by atoms with Gasteiger partial charge in [0.1, 0.15) is 10.8 Å². The van der Waals surface area contributed by atoms with E-state index in [0.29, 0.717) is 11.6 Å². The minimum absolute atomic E-state index is 0.0860. The normalized spacial score (nSPS) is 10.5. The lowest BCUT2D eigenvalue weighted by molar-refractivity contribution is 0.475. The molecule has 0 unspecified atom stereocenters. The van der Waals surface area contributed by atoms with E-state index in [0.717, 1.165) is 22.0 Å². The average molecular weight is 317 g/mol. The topological polar surface area (TPSA) is 45.1 Å². The minimum Gasteiger partial charge on any atom is -0.506 e. The molecule has 21 heavy (non-hydrogen) atoms. The summed E-state index contributed by atoms with van der Waals surface area (Å²) in [5.74, 6) is 0.0860. The number of phenols is 1. The summed E-state index contributed by atoms with van der Waals surface area (Å²) < 4.78 is 0. The molecule has 0 aliphatic carbocycles. The second-order valence-electron chi connectivity index (χ2n) is 4.51. The first kappa shape index (κ1) is 13.9. The van der Waals surface area contributed by atoms with Crippen molar-refractivity contribution in [3.05, 3.63) is 63.9 Å². The van der Waals surface area contributed by atoms with Crippen molar-refractivity contribution < 1.29 is 5.11 Å². The number of anilines is 1. The third-order valence-electron chi connectivity index (χ3n) is 3.01. The van der Waals surface area contributed by atoms with E-state index >= 15 is 0 Å². The highest BCUT2D eigenvalue weighted by Crippen LogP contribution is 2.27. The van der Waals surface area contributed by atoms with Crippen LogP contribution < -0.4 is 5.32 Å². The number of aromatic nitrogens is 1. The van der Waals surface area contributed by atoms with E-state index in [2.05, 4.69) is 15.7 Å². The van der Waals surface area contributed by atoms with Crippen molar-refractivity contribution in [3.8, 4) is 17.0 Å². The van der Waals surface area contributed by atoms with Gasteiger partial charge in [0.25, 0.3) is 0 Å². The molecule has 0 radical (unpaired) electrons. The van der Waals surface area contributed by atoms with Crippen LogP contribution in [0.4, 0.5) is 5.69 Å². The number of hydrogen-bond acceptors (Lipinski definition) is 4. The van der Waals surface area contributed by atoms with Crippen LogP contribution in [0.15, 0.2) is 53.9 Å². The monoisotopic (exact) mass is 316 g/mol. The molecule has 2 aromatic carbocycles. The van der Waals surface area contributed by atoms with Gasteiger partial charge in [-0.25, -0.2) is 4.98 Å². The molecule has 1 aromatic heterocycles. The molecular formula is C16H13ClN2OS. The first-order valence-electron chi connectivity index (χ1n) is 6.44. The molecule has 0 bridgehead atoms. The maximum Gasteiger partial charge on any atom is 0.134 e. The Kier molecular flexibility index (Phi) is 4.08. The van der Waals surface area contributed by atoms with Gasteiger partial charge in [-0.05, 0) is 18.2 Å². The molecule has 0 saturated carbocycles. The highest BCUT2D eigenvalue weighted by atomic mass is 35.5. The van der Waals surface area contributed by atoms with Gasteiger partial charge in [0.2, 0.25) is 0 Å². The lowest BCUT2D eigenvalue weighted by atomic mass is 10.2. The highest BCUT2D eigenvalue weighted by Gasteiger charge is 2.05. The Labute approximate surface area is 131 Å². The lowest BCUT2D eigenvalue weighted by Gasteiger charge is -2.05. The Morgan fingerprint density at radius 3 is 2.71 bits per heavy atom. The van der Waals surface area contributed by atoms with Gasteiger partial charge in [0.05, 0.1) is 17.3 Å². The van der Waals surface area contributed by atoms with Crippen LogP contribution in [0.5, 0.6) is 5.75 Å². The van der Waals surface area contributed by atoms with Crippen LogP contribution in [0, 0.1) is 0 Å². The highest BCUT2D eigenvalue weighted by molar-refractivity contribution is 7.09. The van der Waals surface area contributed by atoms with Crippen molar-refractivity contribution in [1.29, 1.82) is 0 Å². The van der Waals surface area contributed by atoms with E-state index in [1.165, 1.54) is 0 Å². The number of benzene rings is 2. The minimum atomic E-state index is 0.0860. The van der Waals surface area contributed by atoms with E-state index in [4.69, 9.17) is 11.6 Å². The molecule has 0 saturated heterocycles. The molecule has 0 amide bonds. The average Bonchev–Trinajstić information content (AvgIpc) is 2.98. The summed E-state index contributed by atoms with van der Waals surface area (Å²) in [6.07, 6.45) is 0. The Morgan fingerprint density at radius 1 is 1.14 bits per heavy atom. The summed E-state index contributed by atoms with van der Waals surface area (Å²) in [6, 6.07) is 15.2. The van der Waals surface area contributed by atoms with Crippen LogP contribution in [-0.4, -0.2) is 10.1 Å². The van der Waals surface area contributed by atoms with Gasteiger partial charge in [-0.1, -0.05) is 41.9 Å². The summed E-state index contributed by atoms with van der Waals surface area (Å²) in [5, 5.41) is 16.0. The SMILES string of the molecule is Oc1ccc(NCc2nc(-c3ccccc3)cs2)cc1Cl. The van der Waals surface area contributed by atoms with Crippen molar-refractivity contribution in [2.75, 3.05) is 5.32 Å². The van der Waals surface area contributed by atoms with E-state index in [1.807, 2.05) is 30.3 Å². The second kappa shape index (κ2) is 6.16. The Bertz CT molecular complexity index is 743. The van der Waals surface area contributed by atoms with Gasteiger partial charge >= 0.3 is 0 Å². The fraction of sp³-hybridized carbons (Fsp3) is 0.0625. The fourth-order valence-electron chi connectivity index (χ4n) is 1.93. The van der Waals surface area contributed by atoms with Gasteiger partial charge in [-0.2, -0.15) is 0 Å². The molecule has 5 heteroatoms. The summed E-state index contributed by atoms with van der Waals surface area (Å²) in [4.78, 5) is 4.61. The number of rotatable bonds is 4. The number of hydrogen-bond donors (Lipinski definition) is 2. The van der Waals surface area contributed by atoms with Crippen LogP contribution in [0.2, 0.25) is 5.02 Å². The number of aromatic hydroxyl groups is 1. The third kappa shape index (κ3) is 3.35. The first-order chi connectivity index (χ1) is 10.2. The van der Waals surface area contributed by atoms with Crippen molar-refractivity contribution in [1.82, 2.24) is 4.98 Å². The zero-order valence-corrected chi connectivity index (χ0v) is 12.7. The number of halogens is 1. The predicted molar refractivity (Wildman–Crippen MR) is 88.0 cm³/mol. The number of phenolic OH excluding ortho intramolecular Hbond substituents is 1. The van der Waals surface area contributed by atoms with E-state index in [1.54, 1.807) is 29.5 Å². The summed E-state index contributed by atoms with van der Waals surface area (Å²) in [6.45, 7) is 0.624. The molecule has 1 heterocycles. The van der Waals surface area contributed by atoms with Crippen molar-refractivity contribution in [2.24, 2.45) is 0 Å². The third-order valence-corrected chi connectivity index (χ3v) is 4.16. The fourth-order valence-corrected chi connectivity index (χ4v) is 2.85. The number of nitrogens with zero attached hydrogens (tertiary/aromatic N) is 1. The second-order valence-corrected chi connectivity index (χ2v) is 5.86. The quantitative estimate of drug-likeness (QED) is 0.681. The molecule has 0 spiro atoms. The largest absolute Gasteiger partial charge is 0.506 e. The summed E-state index contributed by atoms with van der Waals surface area (Å²) in [5.41, 5.74) is 2.96. The van der Waals surface area contributed by atoms with Gasteiger partial charge in [-0.15, -0.1) is 11.3 Å². The number of nitrogens with one attached hydrogen (secondary N) is 1. The van der Waals surface area contributed by atoms with Gasteiger partial charge in [-0.3, -0.25) is 0 Å². The summed E-state index contributed by atoms with van der Waals surface area (Å²) in [7, 11) is 0. The lowest BCUT2D eigenvalue weighted by Crippen LogP contribution is -1.98. The Balaban J connectivity index is 1.69. The predicted octanol–water partition coefficient (Wildman–Crippen LogP) is 4.78. The smallest absolute Gasteiger partial charge is 0.134 e. The Morgan fingerprint density at radius 2 is 1.95 bits per heavy atom. The molecule has 0 fully saturated rings. The zero-order chi connectivity index (χ0) is 14.7. The van der Waals surface area contributed by atoms with Crippen molar-refractivity contribution in [3.63, 3.8) is 0 Å². The standard InChI is InChI=1S/C16H13ClN2OS/c17-13-8-12(6-7-15(13)20)18-9-16-19-14(10-21-16)11-4-2-1-3-5-11/h1-8,10,18,20H,9H2. The maximum absolute atomic E-state index is 9.39. The molecule has 2 N–H and O–H groups in total. The van der Waals surface area contributed by atoms with E-state index in [9.17, 15) is 5.11 Å². The Hall–Kier alpha value is -2.04. The zero-order valence-electron chi connectivity index (χ0n) is 11.1. The maximum atomic E-state index is 9.39. The first-order valence-corrected chi connectivity index (χ1v) is 7.70. The molecule has 3 nitrogen and oxygen atoms in total. The van der Waals surface area contributed by atoms with E-state index in [-0.39, 0.29) is 5.75 Å². The van der Waals surface area contributed by atoms with Crippen LogP contribution >= 0.6 is 22.9 Å².